The van der Waals surface area contributed by atoms with Crippen molar-refractivity contribution in [1.29, 1.82) is 0 Å². The molecule has 0 spiro atoms. The monoisotopic (exact) mass is 412 g/mol. The average molecular weight is 413 g/mol. The van der Waals surface area contributed by atoms with Crippen molar-refractivity contribution in [2.75, 3.05) is 40.0 Å². The Balaban J connectivity index is 1.71. The fraction of sp³-hybridized carbons (Fsp3) is 0.458. The lowest BCUT2D eigenvalue weighted by Gasteiger charge is -2.31. The van der Waals surface area contributed by atoms with Gasteiger partial charge in [0.05, 0.1) is 19.1 Å². The maximum Gasteiger partial charge on any atom is 0.227 e. The van der Waals surface area contributed by atoms with E-state index in [1.54, 1.807) is 7.11 Å². The van der Waals surface area contributed by atoms with Crippen LogP contribution in [0.3, 0.4) is 0 Å². The predicted molar refractivity (Wildman–Crippen MR) is 118 cm³/mol. The van der Waals surface area contributed by atoms with Crippen molar-refractivity contribution in [2.24, 2.45) is 0 Å². The molecule has 0 bridgehead atoms. The Morgan fingerprint density at radius 1 is 1.07 bits per heavy atom. The topological polar surface area (TPSA) is 60.0 Å². The molecule has 1 heterocycles. The third kappa shape index (κ3) is 5.05. The second-order valence-corrected chi connectivity index (χ2v) is 7.38. The molecule has 1 aliphatic heterocycles. The number of hydrogen-bond donors (Lipinski definition) is 1. The molecule has 2 aromatic carbocycles. The van der Waals surface area contributed by atoms with Crippen LogP contribution in [0.5, 0.6) is 17.2 Å². The van der Waals surface area contributed by atoms with Crippen molar-refractivity contribution < 1.29 is 19.0 Å². The van der Waals surface area contributed by atoms with Crippen LogP contribution in [0.2, 0.25) is 0 Å². The first kappa shape index (κ1) is 22.0. The van der Waals surface area contributed by atoms with Crippen LogP contribution in [0.25, 0.3) is 0 Å². The van der Waals surface area contributed by atoms with Gasteiger partial charge < -0.3 is 19.5 Å². The van der Waals surface area contributed by atoms with Gasteiger partial charge in [-0.15, -0.1) is 0 Å². The summed E-state index contributed by atoms with van der Waals surface area (Å²) in [4.78, 5) is 15.3. The normalized spacial score (nSPS) is 14.8. The van der Waals surface area contributed by atoms with Gasteiger partial charge >= 0.3 is 0 Å². The van der Waals surface area contributed by atoms with Crippen LogP contribution in [0.1, 0.15) is 43.9 Å². The molecule has 0 saturated heterocycles. The summed E-state index contributed by atoms with van der Waals surface area (Å²) in [6.45, 7) is 9.59. The lowest BCUT2D eigenvalue weighted by molar-refractivity contribution is -0.122. The van der Waals surface area contributed by atoms with Gasteiger partial charge in [-0.1, -0.05) is 32.0 Å². The maximum atomic E-state index is 12.9. The van der Waals surface area contributed by atoms with Gasteiger partial charge in [0.25, 0.3) is 0 Å². The molecule has 30 heavy (non-hydrogen) atoms. The first-order valence-corrected chi connectivity index (χ1v) is 10.6. The zero-order valence-corrected chi connectivity index (χ0v) is 18.3. The van der Waals surface area contributed by atoms with Crippen molar-refractivity contribution in [3.8, 4) is 17.2 Å². The van der Waals surface area contributed by atoms with Crippen LogP contribution in [0.4, 0.5) is 0 Å². The molecule has 0 fully saturated rings. The Hall–Kier alpha value is -2.73. The largest absolute Gasteiger partial charge is 0.497 e. The van der Waals surface area contributed by atoms with E-state index in [1.165, 1.54) is 0 Å². The number of methoxy groups -OCH3 is 1. The van der Waals surface area contributed by atoms with E-state index in [-0.39, 0.29) is 17.9 Å². The number of likely N-dealkylation sites (N-methyl/N-ethyl adjacent to an activating group) is 1. The van der Waals surface area contributed by atoms with Gasteiger partial charge in [0.2, 0.25) is 5.91 Å². The van der Waals surface area contributed by atoms with Crippen LogP contribution in [0.15, 0.2) is 42.5 Å². The van der Waals surface area contributed by atoms with E-state index in [2.05, 4.69) is 30.1 Å². The molecular weight excluding hydrogens is 380 g/mol. The molecular formula is C24H32N2O4. The van der Waals surface area contributed by atoms with Gasteiger partial charge in [-0.25, -0.2) is 0 Å². The van der Waals surface area contributed by atoms with E-state index in [0.717, 1.165) is 35.7 Å². The standard InChI is InChI=1S/C24H32N2O4/c1-5-26(6-2)21(19-8-7-9-20(14-19)28-4)16-25-24(27)17(3)18-10-11-22-23(15-18)30-13-12-29-22/h7-11,14-15,17,21H,5-6,12-13,16H2,1-4H3,(H,25,27). The molecule has 0 saturated carbocycles. The van der Waals surface area contributed by atoms with Crippen molar-refractivity contribution >= 4 is 5.91 Å². The lowest BCUT2D eigenvalue weighted by atomic mass is 9.99. The molecule has 0 aromatic heterocycles. The number of nitrogens with zero attached hydrogens (tertiary/aromatic N) is 1. The number of ether oxygens (including phenoxy) is 3. The summed E-state index contributed by atoms with van der Waals surface area (Å²) in [6, 6.07) is 13.8. The Morgan fingerprint density at radius 2 is 1.80 bits per heavy atom. The third-order valence-electron chi connectivity index (χ3n) is 5.66. The molecule has 1 N–H and O–H groups in total. The summed E-state index contributed by atoms with van der Waals surface area (Å²) >= 11 is 0. The second kappa shape index (κ2) is 10.3. The van der Waals surface area contributed by atoms with Crippen molar-refractivity contribution in [1.82, 2.24) is 10.2 Å². The Bertz CT molecular complexity index is 851. The fourth-order valence-electron chi connectivity index (χ4n) is 3.80. The first-order chi connectivity index (χ1) is 14.6. The highest BCUT2D eigenvalue weighted by Crippen LogP contribution is 2.33. The number of carbonyl (C=O) groups is 1. The van der Waals surface area contributed by atoms with Crippen molar-refractivity contribution in [3.63, 3.8) is 0 Å². The molecule has 0 radical (unpaired) electrons. The zero-order chi connectivity index (χ0) is 21.5. The Morgan fingerprint density at radius 3 is 2.50 bits per heavy atom. The average Bonchev–Trinajstić information content (AvgIpc) is 2.80. The minimum Gasteiger partial charge on any atom is -0.497 e. The second-order valence-electron chi connectivity index (χ2n) is 7.38. The summed E-state index contributed by atoms with van der Waals surface area (Å²) in [6.07, 6.45) is 0. The minimum atomic E-state index is -0.288. The summed E-state index contributed by atoms with van der Waals surface area (Å²) in [5.74, 6) is 1.96. The van der Waals surface area contributed by atoms with Gasteiger partial charge in [0.1, 0.15) is 19.0 Å². The molecule has 2 aromatic rings. The van der Waals surface area contributed by atoms with Gasteiger partial charge in [0.15, 0.2) is 11.5 Å². The summed E-state index contributed by atoms with van der Waals surface area (Å²) in [5.41, 5.74) is 2.04. The molecule has 2 atom stereocenters. The number of carbonyl (C=O) groups excluding carboxylic acids is 1. The predicted octanol–water partition coefficient (Wildman–Crippen LogP) is 3.77. The number of fused-ring (bicyclic) bond motifs is 1. The summed E-state index contributed by atoms with van der Waals surface area (Å²) in [7, 11) is 1.67. The van der Waals surface area contributed by atoms with E-state index in [1.807, 2.05) is 43.3 Å². The summed E-state index contributed by atoms with van der Waals surface area (Å²) in [5, 5.41) is 3.15. The maximum absolute atomic E-state index is 12.9. The van der Waals surface area contributed by atoms with Gasteiger partial charge in [-0.2, -0.15) is 0 Å². The number of amides is 1. The highest BCUT2D eigenvalue weighted by Gasteiger charge is 2.23. The van der Waals surface area contributed by atoms with Crippen molar-refractivity contribution in [3.05, 3.63) is 53.6 Å². The van der Waals surface area contributed by atoms with E-state index in [9.17, 15) is 4.79 Å². The molecule has 162 valence electrons. The number of nitrogens with one attached hydrogen (secondary N) is 1. The van der Waals surface area contributed by atoms with Crippen LogP contribution >= 0.6 is 0 Å². The summed E-state index contributed by atoms with van der Waals surface area (Å²) < 4.78 is 16.6. The molecule has 3 rings (SSSR count). The van der Waals surface area contributed by atoms with Gasteiger partial charge in [-0.3, -0.25) is 9.69 Å². The molecule has 6 nitrogen and oxygen atoms in total. The van der Waals surface area contributed by atoms with Crippen LogP contribution < -0.4 is 19.5 Å². The molecule has 2 unspecified atom stereocenters. The molecule has 1 amide bonds. The highest BCUT2D eigenvalue weighted by molar-refractivity contribution is 5.83. The smallest absolute Gasteiger partial charge is 0.227 e. The zero-order valence-electron chi connectivity index (χ0n) is 18.3. The van der Waals surface area contributed by atoms with E-state index in [4.69, 9.17) is 14.2 Å². The van der Waals surface area contributed by atoms with Gasteiger partial charge in [-0.05, 0) is 55.4 Å². The number of rotatable bonds is 9. The molecule has 0 aliphatic carbocycles. The Kier molecular flexibility index (Phi) is 7.57. The number of hydrogen-bond acceptors (Lipinski definition) is 5. The third-order valence-corrected chi connectivity index (χ3v) is 5.66. The van der Waals surface area contributed by atoms with Crippen molar-refractivity contribution in [2.45, 2.75) is 32.7 Å². The quantitative estimate of drug-likeness (QED) is 0.679. The molecule has 6 heteroatoms. The van der Waals surface area contributed by atoms with Crippen LogP contribution in [0, 0.1) is 0 Å². The minimum absolute atomic E-state index is 0.00766. The SMILES string of the molecule is CCN(CC)C(CNC(=O)C(C)c1ccc2c(c1)OCCO2)c1cccc(OC)c1. The van der Waals surface area contributed by atoms with E-state index < -0.39 is 0 Å². The van der Waals surface area contributed by atoms with E-state index in [0.29, 0.717) is 25.5 Å². The number of benzene rings is 2. The van der Waals surface area contributed by atoms with Crippen LogP contribution in [-0.4, -0.2) is 50.8 Å². The first-order valence-electron chi connectivity index (χ1n) is 10.6. The lowest BCUT2D eigenvalue weighted by Crippen LogP contribution is -2.39. The van der Waals surface area contributed by atoms with Crippen LogP contribution in [-0.2, 0) is 4.79 Å². The fourth-order valence-corrected chi connectivity index (χ4v) is 3.80. The molecule has 1 aliphatic rings. The van der Waals surface area contributed by atoms with Gasteiger partial charge in [0, 0.05) is 6.54 Å². The highest BCUT2D eigenvalue weighted by atomic mass is 16.6. The Labute approximate surface area is 179 Å². The van der Waals surface area contributed by atoms with E-state index >= 15 is 0 Å².